The van der Waals surface area contributed by atoms with Gasteiger partial charge in [-0.05, 0) is 0 Å². The minimum atomic E-state index is -2.61. The van der Waals surface area contributed by atoms with Gasteiger partial charge in [-0.3, -0.25) is 9.11 Å². The molecule has 44 valence electrons. The zero-order valence-corrected chi connectivity index (χ0v) is 4.44. The summed E-state index contributed by atoms with van der Waals surface area (Å²) in [5.74, 6) is 0. The van der Waals surface area contributed by atoms with Crippen molar-refractivity contribution in [2.75, 3.05) is 13.1 Å². The van der Waals surface area contributed by atoms with Gasteiger partial charge in [-0.2, -0.15) is 4.21 Å². The largest absolute Gasteiger partial charge is 0.314 e. The average Bonchev–Trinajstić information content (AvgIpc) is 2.02. The summed E-state index contributed by atoms with van der Waals surface area (Å²) in [6, 6.07) is 0. The summed E-state index contributed by atoms with van der Waals surface area (Å²) in [5.41, 5.74) is 0. The summed E-state index contributed by atoms with van der Waals surface area (Å²) >= 11 is -2.61. The molecule has 3 N–H and O–H groups in total. The SMILES string of the molecule is C1CN1.O=S(O)O. The van der Waals surface area contributed by atoms with Crippen molar-refractivity contribution >= 4 is 11.4 Å². The first-order valence-electron chi connectivity index (χ1n) is 1.74. The summed E-state index contributed by atoms with van der Waals surface area (Å²) in [5, 5.41) is 3.00. The fourth-order valence-corrected chi connectivity index (χ4v) is 0. The Kier molecular flexibility index (Phi) is 4.21. The number of hydrogen-bond donors (Lipinski definition) is 3. The Morgan fingerprint density at radius 3 is 1.57 bits per heavy atom. The van der Waals surface area contributed by atoms with Gasteiger partial charge in [0.15, 0.2) is 0 Å². The van der Waals surface area contributed by atoms with E-state index in [-0.39, 0.29) is 0 Å². The van der Waals surface area contributed by atoms with Gasteiger partial charge in [0.05, 0.1) is 0 Å². The molecule has 0 saturated carbocycles. The van der Waals surface area contributed by atoms with E-state index in [0.717, 1.165) is 0 Å². The van der Waals surface area contributed by atoms with Crippen molar-refractivity contribution in [3.8, 4) is 0 Å². The molecule has 0 spiro atoms. The van der Waals surface area contributed by atoms with Crippen LogP contribution in [-0.4, -0.2) is 26.4 Å². The predicted octanol–water partition coefficient (Wildman–Crippen LogP) is -0.729. The normalized spacial score (nSPS) is 15.3. The Balaban J connectivity index is 0.000000105. The van der Waals surface area contributed by atoms with Crippen LogP contribution in [0.15, 0.2) is 0 Å². The van der Waals surface area contributed by atoms with E-state index in [9.17, 15) is 0 Å². The molecule has 1 heterocycles. The molecule has 1 rings (SSSR count). The van der Waals surface area contributed by atoms with Crippen molar-refractivity contribution < 1.29 is 13.3 Å². The Bertz CT molecular complexity index is 57.2. The Morgan fingerprint density at radius 1 is 1.43 bits per heavy atom. The highest BCUT2D eigenvalue weighted by Gasteiger charge is 1.91. The van der Waals surface area contributed by atoms with Gasteiger partial charge in [0, 0.05) is 13.1 Å². The highest BCUT2D eigenvalue weighted by atomic mass is 32.2. The van der Waals surface area contributed by atoms with E-state index < -0.39 is 11.4 Å². The van der Waals surface area contributed by atoms with E-state index in [2.05, 4.69) is 5.32 Å². The molecule has 0 aromatic carbocycles. The van der Waals surface area contributed by atoms with Crippen LogP contribution in [0.4, 0.5) is 0 Å². The monoisotopic (exact) mass is 125 g/mol. The van der Waals surface area contributed by atoms with E-state index in [1.807, 2.05) is 0 Å². The molecule has 5 heteroatoms. The third-order valence-corrected chi connectivity index (χ3v) is 0.250. The fourth-order valence-electron chi connectivity index (χ4n) is 0. The lowest BCUT2D eigenvalue weighted by Gasteiger charge is -1.59. The Hall–Kier alpha value is 0.0300. The maximum absolute atomic E-state index is 8.67. The molecule has 0 aromatic heterocycles. The Morgan fingerprint density at radius 2 is 1.57 bits per heavy atom. The second-order valence-electron chi connectivity index (χ2n) is 0.981. The van der Waals surface area contributed by atoms with Crippen molar-refractivity contribution in [3.05, 3.63) is 0 Å². The second-order valence-corrected chi connectivity index (χ2v) is 1.44. The summed E-state index contributed by atoms with van der Waals surface area (Å²) in [7, 11) is 0. The zero-order valence-electron chi connectivity index (χ0n) is 3.63. The van der Waals surface area contributed by atoms with Crippen molar-refractivity contribution in [1.29, 1.82) is 0 Å². The molecule has 0 unspecified atom stereocenters. The van der Waals surface area contributed by atoms with Crippen LogP contribution in [0, 0.1) is 0 Å². The van der Waals surface area contributed by atoms with Gasteiger partial charge in [0.2, 0.25) is 0 Å². The zero-order chi connectivity index (χ0) is 5.70. The van der Waals surface area contributed by atoms with E-state index in [4.69, 9.17) is 13.3 Å². The highest BCUT2D eigenvalue weighted by Crippen LogP contribution is 1.65. The van der Waals surface area contributed by atoms with Crippen LogP contribution in [0.2, 0.25) is 0 Å². The summed E-state index contributed by atoms with van der Waals surface area (Å²) in [6.07, 6.45) is 0. The van der Waals surface area contributed by atoms with Gasteiger partial charge in [-0.1, -0.05) is 0 Å². The number of hydrogen-bond acceptors (Lipinski definition) is 2. The van der Waals surface area contributed by atoms with Gasteiger partial charge in [0.1, 0.15) is 0 Å². The smallest absolute Gasteiger partial charge is 0.299 e. The molecule has 0 amide bonds. The molecule has 0 radical (unpaired) electrons. The van der Waals surface area contributed by atoms with Crippen LogP contribution in [0.5, 0.6) is 0 Å². The quantitative estimate of drug-likeness (QED) is 0.294. The minimum absolute atomic E-state index is 1.25. The summed E-state index contributed by atoms with van der Waals surface area (Å²) in [4.78, 5) is 0. The molecule has 1 aliphatic heterocycles. The van der Waals surface area contributed by atoms with Crippen LogP contribution in [0.1, 0.15) is 0 Å². The molecule has 1 aliphatic rings. The van der Waals surface area contributed by atoms with Gasteiger partial charge < -0.3 is 5.32 Å². The third kappa shape index (κ3) is 92.3. The molecule has 0 atom stereocenters. The van der Waals surface area contributed by atoms with Crippen LogP contribution >= 0.6 is 0 Å². The standard InChI is InChI=1S/C2H5N.H2O3S/c1-2-3-1;1-4(2)3/h3H,1-2H2;(H2,1,2,3). The summed E-state index contributed by atoms with van der Waals surface area (Å²) in [6.45, 7) is 2.50. The molecule has 7 heavy (non-hydrogen) atoms. The third-order valence-electron chi connectivity index (χ3n) is 0.250. The molecular formula is C2H7NO3S. The van der Waals surface area contributed by atoms with Gasteiger partial charge in [-0.15, -0.1) is 0 Å². The van der Waals surface area contributed by atoms with Gasteiger partial charge >= 0.3 is 0 Å². The molecule has 1 saturated heterocycles. The van der Waals surface area contributed by atoms with Gasteiger partial charge in [0.25, 0.3) is 11.4 Å². The molecule has 0 aromatic rings. The Labute approximate surface area is 44.0 Å². The maximum Gasteiger partial charge on any atom is 0.299 e. The van der Waals surface area contributed by atoms with E-state index in [1.54, 1.807) is 0 Å². The van der Waals surface area contributed by atoms with Crippen LogP contribution in [0.3, 0.4) is 0 Å². The second kappa shape index (κ2) is 4.20. The highest BCUT2D eigenvalue weighted by molar-refractivity contribution is 7.73. The van der Waals surface area contributed by atoms with Gasteiger partial charge in [-0.25, -0.2) is 0 Å². The molecule has 4 nitrogen and oxygen atoms in total. The first-order valence-corrected chi connectivity index (χ1v) is 2.80. The molecular weight excluding hydrogens is 118 g/mol. The lowest BCUT2D eigenvalue weighted by atomic mass is 11.0. The summed E-state index contributed by atoms with van der Waals surface area (Å²) < 4.78 is 22.8. The lowest BCUT2D eigenvalue weighted by molar-refractivity contribution is 0.454. The number of rotatable bonds is 0. The van der Waals surface area contributed by atoms with Crippen molar-refractivity contribution in [2.45, 2.75) is 0 Å². The maximum atomic E-state index is 8.67. The number of nitrogens with one attached hydrogen (secondary N) is 1. The van der Waals surface area contributed by atoms with Crippen molar-refractivity contribution in [2.24, 2.45) is 0 Å². The first-order chi connectivity index (χ1) is 3.23. The average molecular weight is 125 g/mol. The minimum Gasteiger partial charge on any atom is -0.314 e. The molecule has 1 fully saturated rings. The molecule has 0 bridgehead atoms. The topological polar surface area (TPSA) is 79.5 Å². The van der Waals surface area contributed by atoms with Crippen LogP contribution in [0.25, 0.3) is 0 Å². The van der Waals surface area contributed by atoms with Crippen LogP contribution < -0.4 is 5.32 Å². The predicted molar refractivity (Wildman–Crippen MR) is 26.3 cm³/mol. The fraction of sp³-hybridized carbons (Fsp3) is 1.00. The van der Waals surface area contributed by atoms with Crippen molar-refractivity contribution in [3.63, 3.8) is 0 Å². The van der Waals surface area contributed by atoms with E-state index in [0.29, 0.717) is 0 Å². The van der Waals surface area contributed by atoms with Crippen molar-refractivity contribution in [1.82, 2.24) is 5.32 Å². The lowest BCUT2D eigenvalue weighted by Crippen LogP contribution is -1.74. The molecule has 0 aliphatic carbocycles. The van der Waals surface area contributed by atoms with Crippen LogP contribution in [-0.2, 0) is 11.4 Å². The van der Waals surface area contributed by atoms with E-state index in [1.165, 1.54) is 13.1 Å². The first kappa shape index (κ1) is 7.03. The van der Waals surface area contributed by atoms with E-state index >= 15 is 0 Å².